The number of rotatable bonds is 20. The molecule has 1 rings (SSSR count). The number of ether oxygens (including phenoxy) is 2. The number of hydrogen-bond donors (Lipinski definition) is 5. The molecule has 1 aromatic rings. The van der Waals surface area contributed by atoms with Gasteiger partial charge >= 0.3 is 0 Å². The fraction of sp³-hybridized carbons (Fsp3) is 0.654. The lowest BCUT2D eigenvalue weighted by Crippen LogP contribution is -2.31. The number of benzene rings is 1. The third-order valence-electron chi connectivity index (χ3n) is 5.53. The number of amides is 1. The zero-order valence-electron chi connectivity index (χ0n) is 22.1. The molecule has 0 aliphatic heterocycles. The molecule has 0 saturated heterocycles. The molecule has 0 heterocycles. The van der Waals surface area contributed by atoms with E-state index in [1.807, 2.05) is 13.1 Å². The molecule has 0 radical (unpaired) electrons. The smallest absolute Gasteiger partial charge is 0.251 e. The van der Waals surface area contributed by atoms with Gasteiger partial charge in [0.2, 0.25) is 0 Å². The standard InChI is InChI=1S/C26H46N6O3/c1-5-6-13-23-24(34-14-9-7-11-21(27)18-30-2)16-20(26(33)31-3)17-25(23)35-15-10-8-12-22(28)19-32(4)29/h16-17,27-28,30H,5-15,18-19,29H2,1-4H3,(H,31,33). The highest BCUT2D eigenvalue weighted by molar-refractivity contribution is 5.95. The Kier molecular flexibility index (Phi) is 15.6. The molecular formula is C26H46N6O3. The van der Waals surface area contributed by atoms with Crippen LogP contribution >= 0.6 is 0 Å². The molecule has 0 aromatic heterocycles. The zero-order valence-corrected chi connectivity index (χ0v) is 22.1. The first-order chi connectivity index (χ1) is 16.8. The lowest BCUT2D eigenvalue weighted by Gasteiger charge is -2.18. The van der Waals surface area contributed by atoms with Gasteiger partial charge in [-0.1, -0.05) is 13.3 Å². The van der Waals surface area contributed by atoms with E-state index in [2.05, 4.69) is 17.6 Å². The summed E-state index contributed by atoms with van der Waals surface area (Å²) in [5, 5.41) is 23.0. The Balaban J connectivity index is 2.85. The predicted molar refractivity (Wildman–Crippen MR) is 143 cm³/mol. The number of carbonyl (C=O) groups excluding carboxylic acids is 1. The quantitative estimate of drug-likeness (QED) is 0.0820. The molecule has 0 unspecified atom stereocenters. The monoisotopic (exact) mass is 490 g/mol. The number of unbranched alkanes of at least 4 members (excludes halogenated alkanes) is 3. The molecule has 0 bridgehead atoms. The van der Waals surface area contributed by atoms with Crippen LogP contribution in [0, 0.1) is 10.8 Å². The van der Waals surface area contributed by atoms with E-state index in [4.69, 9.17) is 26.1 Å². The van der Waals surface area contributed by atoms with Crippen molar-refractivity contribution in [2.24, 2.45) is 5.84 Å². The summed E-state index contributed by atoms with van der Waals surface area (Å²) < 4.78 is 12.3. The van der Waals surface area contributed by atoms with Gasteiger partial charge in [-0.2, -0.15) is 0 Å². The minimum Gasteiger partial charge on any atom is -0.493 e. The lowest BCUT2D eigenvalue weighted by molar-refractivity contribution is 0.0962. The zero-order chi connectivity index (χ0) is 26.1. The highest BCUT2D eigenvalue weighted by Gasteiger charge is 2.17. The number of hydrazine groups is 1. The Bertz CT molecular complexity index is 798. The first-order valence-electron chi connectivity index (χ1n) is 12.7. The van der Waals surface area contributed by atoms with E-state index < -0.39 is 0 Å². The summed E-state index contributed by atoms with van der Waals surface area (Å²) in [6.45, 7) is 4.26. The molecular weight excluding hydrogens is 444 g/mol. The van der Waals surface area contributed by atoms with Crippen LogP contribution in [-0.2, 0) is 6.42 Å². The summed E-state index contributed by atoms with van der Waals surface area (Å²) in [7, 11) is 5.21. The van der Waals surface area contributed by atoms with E-state index in [0.29, 0.717) is 61.2 Å². The van der Waals surface area contributed by atoms with Crippen molar-refractivity contribution in [1.82, 2.24) is 15.6 Å². The van der Waals surface area contributed by atoms with Crippen molar-refractivity contribution in [3.8, 4) is 11.5 Å². The Labute approximate surface area is 211 Å². The molecule has 1 amide bonds. The third kappa shape index (κ3) is 12.7. The Morgan fingerprint density at radius 3 is 2.03 bits per heavy atom. The summed E-state index contributed by atoms with van der Waals surface area (Å²) in [4.78, 5) is 12.4. The maximum absolute atomic E-state index is 12.4. The van der Waals surface area contributed by atoms with Crippen molar-refractivity contribution in [1.29, 1.82) is 10.8 Å². The number of nitrogens with one attached hydrogen (secondary N) is 4. The van der Waals surface area contributed by atoms with E-state index in [1.54, 1.807) is 20.2 Å². The Morgan fingerprint density at radius 1 is 0.971 bits per heavy atom. The van der Waals surface area contributed by atoms with Gasteiger partial charge in [0.1, 0.15) is 11.5 Å². The summed E-state index contributed by atoms with van der Waals surface area (Å²) >= 11 is 0. The maximum Gasteiger partial charge on any atom is 0.251 e. The maximum atomic E-state index is 12.4. The van der Waals surface area contributed by atoms with Crippen molar-refractivity contribution in [3.05, 3.63) is 23.3 Å². The molecule has 6 N–H and O–H groups in total. The Morgan fingerprint density at radius 2 is 1.54 bits per heavy atom. The topological polar surface area (TPSA) is 137 Å². The fourth-order valence-corrected chi connectivity index (χ4v) is 3.68. The van der Waals surface area contributed by atoms with Gasteiger partial charge in [0.05, 0.1) is 19.8 Å². The van der Waals surface area contributed by atoms with Crippen LogP contribution in [-0.4, -0.2) is 69.8 Å². The average Bonchev–Trinajstić information content (AvgIpc) is 2.81. The number of nitrogens with two attached hydrogens (primary N) is 1. The lowest BCUT2D eigenvalue weighted by atomic mass is 10.0. The van der Waals surface area contributed by atoms with E-state index in [9.17, 15) is 4.79 Å². The molecule has 9 nitrogen and oxygen atoms in total. The van der Waals surface area contributed by atoms with E-state index >= 15 is 0 Å². The van der Waals surface area contributed by atoms with Gasteiger partial charge in [-0.15, -0.1) is 0 Å². The van der Waals surface area contributed by atoms with Crippen LogP contribution in [0.4, 0.5) is 0 Å². The first kappa shape index (κ1) is 30.5. The van der Waals surface area contributed by atoms with Crippen LogP contribution in [0.15, 0.2) is 12.1 Å². The van der Waals surface area contributed by atoms with Crippen molar-refractivity contribution < 1.29 is 14.3 Å². The van der Waals surface area contributed by atoms with Gasteiger partial charge in [-0.3, -0.25) is 10.6 Å². The SMILES string of the molecule is CCCCc1c(OCCCCC(=N)CNC)cc(C(=O)NC)cc1OCCCCC(=N)CN(C)N. The largest absolute Gasteiger partial charge is 0.493 e. The van der Waals surface area contributed by atoms with Gasteiger partial charge in [0.15, 0.2) is 0 Å². The van der Waals surface area contributed by atoms with Crippen molar-refractivity contribution in [2.75, 3.05) is 47.4 Å². The number of nitrogens with zero attached hydrogens (tertiary/aromatic N) is 1. The second-order valence-corrected chi connectivity index (χ2v) is 8.90. The second-order valence-electron chi connectivity index (χ2n) is 8.90. The van der Waals surface area contributed by atoms with Crippen LogP contribution in [0.2, 0.25) is 0 Å². The van der Waals surface area contributed by atoms with Crippen LogP contribution in [0.25, 0.3) is 0 Å². The van der Waals surface area contributed by atoms with Gasteiger partial charge in [-0.05, 0) is 70.5 Å². The molecule has 198 valence electrons. The normalized spacial score (nSPS) is 10.9. The fourth-order valence-electron chi connectivity index (χ4n) is 3.68. The number of hydrogen-bond acceptors (Lipinski definition) is 8. The third-order valence-corrected chi connectivity index (χ3v) is 5.53. The average molecular weight is 491 g/mol. The summed E-state index contributed by atoms with van der Waals surface area (Å²) in [6, 6.07) is 3.62. The second kappa shape index (κ2) is 17.9. The van der Waals surface area contributed by atoms with Crippen molar-refractivity contribution in [2.45, 2.75) is 64.7 Å². The summed E-state index contributed by atoms with van der Waals surface area (Å²) in [5.41, 5.74) is 2.82. The van der Waals surface area contributed by atoms with Gasteiger partial charge in [0.25, 0.3) is 5.91 Å². The molecule has 0 saturated carbocycles. The molecule has 0 atom stereocenters. The van der Waals surface area contributed by atoms with Crippen molar-refractivity contribution in [3.63, 3.8) is 0 Å². The van der Waals surface area contributed by atoms with E-state index in [-0.39, 0.29) is 5.91 Å². The molecule has 35 heavy (non-hydrogen) atoms. The highest BCUT2D eigenvalue weighted by atomic mass is 16.5. The predicted octanol–water partition coefficient (Wildman–Crippen LogP) is 3.55. The van der Waals surface area contributed by atoms with Gasteiger partial charge < -0.3 is 30.9 Å². The molecule has 0 aliphatic carbocycles. The van der Waals surface area contributed by atoms with Gasteiger partial charge in [-0.25, -0.2) is 5.01 Å². The molecule has 0 aliphatic rings. The van der Waals surface area contributed by atoms with Gasteiger partial charge in [0, 0.05) is 43.2 Å². The van der Waals surface area contributed by atoms with Crippen LogP contribution in [0.3, 0.4) is 0 Å². The highest BCUT2D eigenvalue weighted by Crippen LogP contribution is 2.33. The molecule has 9 heteroatoms. The molecule has 0 fully saturated rings. The van der Waals surface area contributed by atoms with Crippen molar-refractivity contribution >= 4 is 17.3 Å². The number of carbonyl (C=O) groups is 1. The minimum absolute atomic E-state index is 0.179. The molecule has 1 aromatic carbocycles. The molecule has 0 spiro atoms. The minimum atomic E-state index is -0.179. The van der Waals surface area contributed by atoms with Crippen LogP contribution in [0.1, 0.15) is 74.2 Å². The van der Waals surface area contributed by atoms with Crippen LogP contribution in [0.5, 0.6) is 11.5 Å². The van der Waals surface area contributed by atoms with Crippen LogP contribution < -0.4 is 25.9 Å². The van der Waals surface area contributed by atoms with E-state index in [1.165, 1.54) is 5.01 Å². The Hall–Kier alpha value is -2.49. The van der Waals surface area contributed by atoms with E-state index in [0.717, 1.165) is 56.9 Å². The first-order valence-corrected chi connectivity index (χ1v) is 12.7. The summed E-state index contributed by atoms with van der Waals surface area (Å²) in [6.07, 6.45) is 7.67. The summed E-state index contributed by atoms with van der Waals surface area (Å²) in [5.74, 6) is 6.83.